The van der Waals surface area contributed by atoms with Crippen molar-refractivity contribution in [3.63, 3.8) is 0 Å². The van der Waals surface area contributed by atoms with E-state index in [2.05, 4.69) is 15.4 Å². The van der Waals surface area contributed by atoms with Gasteiger partial charge in [-0.05, 0) is 44.2 Å². The van der Waals surface area contributed by atoms with Gasteiger partial charge in [-0.15, -0.1) is 0 Å². The van der Waals surface area contributed by atoms with E-state index in [1.54, 1.807) is 26.0 Å². The Labute approximate surface area is 186 Å². The standard InChI is InChI=1S/C21H26N4O6S/c1-13(2)25-32(29,30)18-12-14(8-9-17(18)31-3)20(27)24-16-7-5-4-6-15(16)21(28)23-11-10-19(22)26/h4-9,12-13,25H,10-11H2,1-3H3,(H2,22,26)(H,23,28)(H,24,27). The minimum absolute atomic E-state index is 0.0201. The predicted molar refractivity (Wildman–Crippen MR) is 119 cm³/mol. The van der Waals surface area contributed by atoms with E-state index < -0.39 is 27.7 Å². The summed E-state index contributed by atoms with van der Waals surface area (Å²) in [7, 11) is -2.60. The number of carbonyl (C=O) groups excluding carboxylic acids is 3. The molecular formula is C21H26N4O6S. The molecule has 5 N–H and O–H groups in total. The number of benzene rings is 2. The molecule has 2 rings (SSSR count). The number of anilines is 1. The second kappa shape index (κ2) is 10.7. The third-order valence-electron chi connectivity index (χ3n) is 4.18. The lowest BCUT2D eigenvalue weighted by molar-refractivity contribution is -0.117. The molecule has 10 nitrogen and oxygen atoms in total. The highest BCUT2D eigenvalue weighted by molar-refractivity contribution is 7.89. The molecule has 0 aromatic heterocycles. The average molecular weight is 463 g/mol. The maximum Gasteiger partial charge on any atom is 0.255 e. The van der Waals surface area contributed by atoms with Crippen LogP contribution in [0.25, 0.3) is 0 Å². The van der Waals surface area contributed by atoms with Crippen molar-refractivity contribution in [2.45, 2.75) is 31.2 Å². The zero-order chi connectivity index (χ0) is 23.9. The highest BCUT2D eigenvalue weighted by Crippen LogP contribution is 2.26. The van der Waals surface area contributed by atoms with Gasteiger partial charge in [0.15, 0.2) is 0 Å². The fraction of sp³-hybridized carbons (Fsp3) is 0.286. The van der Waals surface area contributed by atoms with E-state index in [0.29, 0.717) is 0 Å². The van der Waals surface area contributed by atoms with Crippen LogP contribution in [0.5, 0.6) is 5.75 Å². The lowest BCUT2D eigenvalue weighted by atomic mass is 10.1. The van der Waals surface area contributed by atoms with E-state index in [0.717, 1.165) is 0 Å². The molecule has 0 heterocycles. The Morgan fingerprint density at radius 3 is 2.38 bits per heavy atom. The van der Waals surface area contributed by atoms with E-state index in [1.165, 1.54) is 37.4 Å². The van der Waals surface area contributed by atoms with E-state index in [4.69, 9.17) is 10.5 Å². The van der Waals surface area contributed by atoms with Crippen LogP contribution in [-0.2, 0) is 14.8 Å². The minimum Gasteiger partial charge on any atom is -0.495 e. The summed E-state index contributed by atoms with van der Waals surface area (Å²) in [6, 6.07) is 9.93. The van der Waals surface area contributed by atoms with Crippen molar-refractivity contribution in [2.75, 3.05) is 19.0 Å². The summed E-state index contributed by atoms with van der Waals surface area (Å²) in [6.45, 7) is 3.40. The molecule has 3 amide bonds. The maximum absolute atomic E-state index is 12.8. The van der Waals surface area contributed by atoms with Crippen molar-refractivity contribution < 1.29 is 27.5 Å². The highest BCUT2D eigenvalue weighted by Gasteiger charge is 2.23. The lowest BCUT2D eigenvalue weighted by Crippen LogP contribution is -2.31. The van der Waals surface area contributed by atoms with Crippen LogP contribution in [0.2, 0.25) is 0 Å². The lowest BCUT2D eigenvalue weighted by Gasteiger charge is -2.15. The van der Waals surface area contributed by atoms with Crippen molar-refractivity contribution in [1.82, 2.24) is 10.0 Å². The van der Waals surface area contributed by atoms with Gasteiger partial charge in [-0.25, -0.2) is 13.1 Å². The topological polar surface area (TPSA) is 157 Å². The average Bonchev–Trinajstić information content (AvgIpc) is 2.72. The molecule has 0 aliphatic carbocycles. The number of primary amides is 1. The van der Waals surface area contributed by atoms with E-state index in [1.807, 2.05) is 0 Å². The molecule has 0 aliphatic heterocycles. The van der Waals surface area contributed by atoms with Crippen LogP contribution in [0.1, 0.15) is 41.0 Å². The fourth-order valence-corrected chi connectivity index (χ4v) is 4.23. The second-order valence-electron chi connectivity index (χ2n) is 7.11. The second-order valence-corrected chi connectivity index (χ2v) is 8.80. The van der Waals surface area contributed by atoms with Gasteiger partial charge in [-0.3, -0.25) is 14.4 Å². The number of nitrogens with one attached hydrogen (secondary N) is 3. The molecule has 0 fully saturated rings. The molecule has 172 valence electrons. The number of carbonyl (C=O) groups is 3. The summed E-state index contributed by atoms with van der Waals surface area (Å²) in [6.07, 6.45) is -0.0201. The number of para-hydroxylation sites is 1. The first kappa shape index (κ1) is 24.8. The number of methoxy groups -OCH3 is 1. The van der Waals surface area contributed by atoms with E-state index in [-0.39, 0.29) is 46.5 Å². The summed E-state index contributed by atoms with van der Waals surface area (Å²) < 4.78 is 32.9. The first-order chi connectivity index (χ1) is 15.0. The van der Waals surface area contributed by atoms with Crippen LogP contribution >= 0.6 is 0 Å². The molecule has 11 heteroatoms. The van der Waals surface area contributed by atoms with Crippen LogP contribution in [0, 0.1) is 0 Å². The van der Waals surface area contributed by atoms with Crippen LogP contribution in [0.3, 0.4) is 0 Å². The molecular weight excluding hydrogens is 436 g/mol. The van der Waals surface area contributed by atoms with Crippen LogP contribution < -0.4 is 25.8 Å². The fourth-order valence-electron chi connectivity index (χ4n) is 2.78. The van der Waals surface area contributed by atoms with Gasteiger partial charge in [0.05, 0.1) is 18.4 Å². The Balaban J connectivity index is 2.30. The summed E-state index contributed by atoms with van der Waals surface area (Å²) in [5, 5.41) is 5.17. The predicted octanol–water partition coefficient (Wildman–Crippen LogP) is 1.24. The molecule has 0 bridgehead atoms. The van der Waals surface area contributed by atoms with Gasteiger partial charge in [0, 0.05) is 24.6 Å². The number of ether oxygens (including phenoxy) is 1. The van der Waals surface area contributed by atoms with Crippen molar-refractivity contribution >= 4 is 33.4 Å². The first-order valence-electron chi connectivity index (χ1n) is 9.72. The largest absolute Gasteiger partial charge is 0.495 e. The Morgan fingerprint density at radius 2 is 1.75 bits per heavy atom. The monoisotopic (exact) mass is 462 g/mol. The Morgan fingerprint density at radius 1 is 1.06 bits per heavy atom. The molecule has 2 aromatic carbocycles. The number of hydrogen-bond acceptors (Lipinski definition) is 6. The van der Waals surface area contributed by atoms with Gasteiger partial charge < -0.3 is 21.1 Å². The summed E-state index contributed by atoms with van der Waals surface area (Å²) in [4.78, 5) is 35.9. The molecule has 0 radical (unpaired) electrons. The van der Waals surface area contributed by atoms with Gasteiger partial charge in [0.1, 0.15) is 10.6 Å². The van der Waals surface area contributed by atoms with Gasteiger partial charge in [0.25, 0.3) is 11.8 Å². The summed E-state index contributed by atoms with van der Waals surface area (Å²) >= 11 is 0. The quantitative estimate of drug-likeness (QED) is 0.416. The summed E-state index contributed by atoms with van der Waals surface area (Å²) in [5.41, 5.74) is 5.51. The molecule has 0 spiro atoms. The highest BCUT2D eigenvalue weighted by atomic mass is 32.2. The third-order valence-corrected chi connectivity index (χ3v) is 5.86. The zero-order valence-corrected chi connectivity index (χ0v) is 18.8. The number of sulfonamides is 1. The molecule has 0 saturated carbocycles. The molecule has 32 heavy (non-hydrogen) atoms. The zero-order valence-electron chi connectivity index (χ0n) is 18.0. The Bertz CT molecular complexity index is 1120. The summed E-state index contributed by atoms with van der Waals surface area (Å²) in [5.74, 6) is -1.58. The minimum atomic E-state index is -3.93. The molecule has 0 saturated heterocycles. The van der Waals surface area contributed by atoms with Crippen molar-refractivity contribution in [3.05, 3.63) is 53.6 Å². The van der Waals surface area contributed by atoms with Crippen molar-refractivity contribution in [2.24, 2.45) is 5.73 Å². The molecule has 2 aromatic rings. The van der Waals surface area contributed by atoms with Crippen LogP contribution in [0.15, 0.2) is 47.4 Å². The van der Waals surface area contributed by atoms with E-state index >= 15 is 0 Å². The van der Waals surface area contributed by atoms with Crippen LogP contribution in [0.4, 0.5) is 5.69 Å². The van der Waals surface area contributed by atoms with Gasteiger partial charge in [0.2, 0.25) is 15.9 Å². The Kier molecular flexibility index (Phi) is 8.33. The molecule has 0 unspecified atom stereocenters. The van der Waals surface area contributed by atoms with Gasteiger partial charge in [-0.1, -0.05) is 12.1 Å². The number of hydrogen-bond donors (Lipinski definition) is 4. The Hall–Kier alpha value is -3.44. The van der Waals surface area contributed by atoms with Crippen molar-refractivity contribution in [3.8, 4) is 5.75 Å². The SMILES string of the molecule is COc1ccc(C(=O)Nc2ccccc2C(=O)NCCC(N)=O)cc1S(=O)(=O)NC(C)C. The smallest absolute Gasteiger partial charge is 0.255 e. The third kappa shape index (κ3) is 6.53. The van der Waals surface area contributed by atoms with Crippen molar-refractivity contribution in [1.29, 1.82) is 0 Å². The number of rotatable bonds is 10. The van der Waals surface area contributed by atoms with Gasteiger partial charge >= 0.3 is 0 Å². The maximum atomic E-state index is 12.8. The van der Waals surface area contributed by atoms with E-state index in [9.17, 15) is 22.8 Å². The van der Waals surface area contributed by atoms with Gasteiger partial charge in [-0.2, -0.15) is 0 Å². The normalized spacial score (nSPS) is 11.1. The molecule has 0 aliphatic rings. The number of nitrogens with two attached hydrogens (primary N) is 1. The number of amides is 3. The molecule has 0 atom stereocenters. The first-order valence-corrected chi connectivity index (χ1v) is 11.2. The van der Waals surface area contributed by atoms with Crippen LogP contribution in [-0.4, -0.2) is 45.8 Å².